The maximum Gasteiger partial charge on any atom is 0.0457 e. The van der Waals surface area contributed by atoms with E-state index in [1.54, 1.807) is 0 Å². The van der Waals surface area contributed by atoms with Crippen LogP contribution < -0.4 is 5.73 Å². The minimum Gasteiger partial charge on any atom is -0.361 e. The van der Waals surface area contributed by atoms with E-state index in [9.17, 15) is 0 Å². The van der Waals surface area contributed by atoms with Gasteiger partial charge in [0.15, 0.2) is 0 Å². The van der Waals surface area contributed by atoms with E-state index in [1.165, 1.54) is 22.1 Å². The first-order valence-corrected chi connectivity index (χ1v) is 7.10. The third-order valence-corrected chi connectivity index (χ3v) is 4.00. The zero-order valence-electron chi connectivity index (χ0n) is 11.4. The Morgan fingerprint density at radius 3 is 2.60 bits per heavy atom. The van der Waals surface area contributed by atoms with Crippen molar-refractivity contribution in [2.24, 2.45) is 5.73 Å². The fourth-order valence-corrected chi connectivity index (χ4v) is 2.81. The van der Waals surface area contributed by atoms with Gasteiger partial charge in [-0.2, -0.15) is 0 Å². The number of fused-ring (bicyclic) bond motifs is 1. The summed E-state index contributed by atoms with van der Waals surface area (Å²) in [5.41, 5.74) is 10.9. The summed E-state index contributed by atoms with van der Waals surface area (Å²) in [6.07, 6.45) is 2.07. The SMILES string of the molecule is Cc1ccc2[nH]cc([C@H](CN)c3ccc(Cl)cc3)c2c1. The number of nitrogens with one attached hydrogen (secondary N) is 1. The third-order valence-electron chi connectivity index (χ3n) is 3.75. The molecule has 0 aliphatic heterocycles. The number of aromatic nitrogens is 1. The van der Waals surface area contributed by atoms with Crippen LogP contribution >= 0.6 is 11.6 Å². The van der Waals surface area contributed by atoms with Gasteiger partial charge in [0.25, 0.3) is 0 Å². The molecule has 2 nitrogen and oxygen atoms in total. The molecule has 3 aromatic rings. The van der Waals surface area contributed by atoms with Gasteiger partial charge >= 0.3 is 0 Å². The highest BCUT2D eigenvalue weighted by Crippen LogP contribution is 2.31. The Morgan fingerprint density at radius 2 is 1.90 bits per heavy atom. The highest BCUT2D eigenvalue weighted by Gasteiger charge is 2.16. The van der Waals surface area contributed by atoms with Crippen molar-refractivity contribution in [2.75, 3.05) is 6.54 Å². The molecule has 0 fully saturated rings. The van der Waals surface area contributed by atoms with Gasteiger partial charge in [-0.25, -0.2) is 0 Å². The lowest BCUT2D eigenvalue weighted by atomic mass is 9.91. The molecule has 0 saturated heterocycles. The number of halogens is 1. The van der Waals surface area contributed by atoms with Crippen LogP contribution in [-0.4, -0.2) is 11.5 Å². The lowest BCUT2D eigenvalue weighted by Gasteiger charge is -2.15. The molecular weight excluding hydrogens is 268 g/mol. The summed E-state index contributed by atoms with van der Waals surface area (Å²) in [6, 6.07) is 14.4. The molecule has 0 bridgehead atoms. The number of H-pyrrole nitrogens is 1. The van der Waals surface area contributed by atoms with E-state index in [-0.39, 0.29) is 5.92 Å². The summed E-state index contributed by atoms with van der Waals surface area (Å²) < 4.78 is 0. The highest BCUT2D eigenvalue weighted by molar-refractivity contribution is 6.30. The topological polar surface area (TPSA) is 41.8 Å². The van der Waals surface area contributed by atoms with E-state index in [1.807, 2.05) is 12.1 Å². The molecule has 0 aliphatic carbocycles. The van der Waals surface area contributed by atoms with Gasteiger partial charge < -0.3 is 10.7 Å². The van der Waals surface area contributed by atoms with Crippen LogP contribution in [0.1, 0.15) is 22.6 Å². The zero-order valence-corrected chi connectivity index (χ0v) is 12.1. The molecule has 0 amide bonds. The molecule has 2 aromatic carbocycles. The lowest BCUT2D eigenvalue weighted by Crippen LogP contribution is -2.13. The van der Waals surface area contributed by atoms with Crippen LogP contribution in [0.25, 0.3) is 10.9 Å². The lowest BCUT2D eigenvalue weighted by molar-refractivity contribution is 0.825. The van der Waals surface area contributed by atoms with Crippen LogP contribution in [0, 0.1) is 6.92 Å². The van der Waals surface area contributed by atoms with Crippen molar-refractivity contribution in [3.8, 4) is 0 Å². The summed E-state index contributed by atoms with van der Waals surface area (Å²) in [5, 5.41) is 2.00. The van der Waals surface area contributed by atoms with Crippen molar-refractivity contribution >= 4 is 22.5 Å². The smallest absolute Gasteiger partial charge is 0.0457 e. The van der Waals surface area contributed by atoms with E-state index in [0.29, 0.717) is 6.54 Å². The van der Waals surface area contributed by atoms with Gasteiger partial charge in [0.2, 0.25) is 0 Å². The second-order valence-electron chi connectivity index (χ2n) is 5.13. The Kier molecular flexibility index (Phi) is 3.51. The number of nitrogens with two attached hydrogens (primary N) is 1. The Labute approximate surface area is 123 Å². The van der Waals surface area contributed by atoms with Crippen molar-refractivity contribution in [2.45, 2.75) is 12.8 Å². The summed E-state index contributed by atoms with van der Waals surface area (Å²) in [5.74, 6) is 0.183. The van der Waals surface area contributed by atoms with Gasteiger partial charge in [0.1, 0.15) is 0 Å². The zero-order chi connectivity index (χ0) is 14.1. The van der Waals surface area contributed by atoms with Crippen molar-refractivity contribution in [3.63, 3.8) is 0 Å². The van der Waals surface area contributed by atoms with Crippen molar-refractivity contribution in [1.82, 2.24) is 4.98 Å². The molecule has 3 rings (SSSR count). The Morgan fingerprint density at radius 1 is 1.15 bits per heavy atom. The highest BCUT2D eigenvalue weighted by atomic mass is 35.5. The van der Waals surface area contributed by atoms with Crippen molar-refractivity contribution in [3.05, 3.63) is 70.4 Å². The van der Waals surface area contributed by atoms with Gasteiger partial charge in [-0.1, -0.05) is 35.4 Å². The molecule has 0 saturated carbocycles. The molecule has 0 spiro atoms. The van der Waals surface area contributed by atoms with Gasteiger partial charge in [0.05, 0.1) is 0 Å². The van der Waals surface area contributed by atoms with Gasteiger partial charge in [-0.15, -0.1) is 0 Å². The summed E-state index contributed by atoms with van der Waals surface area (Å²) in [4.78, 5) is 3.33. The van der Waals surface area contributed by atoms with Crippen LogP contribution in [0.3, 0.4) is 0 Å². The number of aromatic amines is 1. The van der Waals surface area contributed by atoms with Crippen LogP contribution in [0.5, 0.6) is 0 Å². The second kappa shape index (κ2) is 5.31. The van der Waals surface area contributed by atoms with Crippen LogP contribution in [0.2, 0.25) is 5.02 Å². The average molecular weight is 285 g/mol. The molecule has 3 heteroatoms. The average Bonchev–Trinajstić information content (AvgIpc) is 2.85. The van der Waals surface area contributed by atoms with Crippen LogP contribution in [-0.2, 0) is 0 Å². The number of aryl methyl sites for hydroxylation is 1. The Balaban J connectivity index is 2.11. The first-order valence-electron chi connectivity index (χ1n) is 6.72. The van der Waals surface area contributed by atoms with E-state index in [0.717, 1.165) is 10.5 Å². The molecule has 20 heavy (non-hydrogen) atoms. The summed E-state index contributed by atoms with van der Waals surface area (Å²) >= 11 is 5.96. The number of hydrogen-bond acceptors (Lipinski definition) is 1. The maximum absolute atomic E-state index is 6.02. The van der Waals surface area contributed by atoms with E-state index >= 15 is 0 Å². The minimum atomic E-state index is 0.183. The van der Waals surface area contributed by atoms with E-state index in [4.69, 9.17) is 17.3 Å². The Bertz CT molecular complexity index is 728. The quantitative estimate of drug-likeness (QED) is 0.743. The van der Waals surface area contributed by atoms with Gasteiger partial charge in [0, 0.05) is 34.6 Å². The first-order chi connectivity index (χ1) is 9.69. The van der Waals surface area contributed by atoms with Gasteiger partial charge in [-0.3, -0.25) is 0 Å². The summed E-state index contributed by atoms with van der Waals surface area (Å²) in [6.45, 7) is 2.68. The molecule has 0 unspecified atom stereocenters. The van der Waals surface area contributed by atoms with E-state index < -0.39 is 0 Å². The predicted molar refractivity (Wildman–Crippen MR) is 85.4 cm³/mol. The molecule has 1 atom stereocenters. The molecule has 0 radical (unpaired) electrons. The molecule has 1 heterocycles. The van der Waals surface area contributed by atoms with E-state index in [2.05, 4.69) is 48.4 Å². The van der Waals surface area contributed by atoms with Crippen molar-refractivity contribution in [1.29, 1.82) is 0 Å². The van der Waals surface area contributed by atoms with Crippen molar-refractivity contribution < 1.29 is 0 Å². The Hall–Kier alpha value is -1.77. The fraction of sp³-hybridized carbons (Fsp3) is 0.176. The fourth-order valence-electron chi connectivity index (χ4n) is 2.68. The second-order valence-corrected chi connectivity index (χ2v) is 5.57. The molecule has 1 aromatic heterocycles. The predicted octanol–water partition coefficient (Wildman–Crippen LogP) is 4.22. The third kappa shape index (κ3) is 2.33. The molecule has 3 N–H and O–H groups in total. The monoisotopic (exact) mass is 284 g/mol. The molecule has 0 aliphatic rings. The molecular formula is C17H17ClN2. The normalized spacial score (nSPS) is 12.8. The maximum atomic E-state index is 6.02. The number of rotatable bonds is 3. The van der Waals surface area contributed by atoms with Crippen LogP contribution in [0.15, 0.2) is 48.7 Å². The largest absolute Gasteiger partial charge is 0.361 e. The first kappa shape index (κ1) is 13.2. The standard InChI is InChI=1S/C17H17ClN2/c1-11-2-7-17-14(8-11)16(10-20-17)15(9-19)12-3-5-13(18)6-4-12/h2-8,10,15,20H,9,19H2,1H3/t15-/m1/s1. The minimum absolute atomic E-state index is 0.183. The molecule has 102 valence electrons. The number of hydrogen-bond donors (Lipinski definition) is 2. The summed E-state index contributed by atoms with van der Waals surface area (Å²) in [7, 11) is 0. The van der Waals surface area contributed by atoms with Crippen LogP contribution in [0.4, 0.5) is 0 Å². The van der Waals surface area contributed by atoms with Gasteiger partial charge in [-0.05, 0) is 42.3 Å². The number of benzene rings is 2.